The number of carbonyl (C=O) groups excluding carboxylic acids is 4. The molecule has 3 N–H and O–H groups in total. The molecule has 4 amide bonds. The van der Waals surface area contributed by atoms with Gasteiger partial charge in [-0.25, -0.2) is 0 Å². The van der Waals surface area contributed by atoms with Crippen LogP contribution in [0.15, 0.2) is 18.2 Å². The third-order valence-corrected chi connectivity index (χ3v) is 5.33. The normalized spacial score (nSPS) is 18.0. The maximum absolute atomic E-state index is 12.7. The van der Waals surface area contributed by atoms with E-state index in [1.807, 2.05) is 6.92 Å². The number of hydrogen-bond acceptors (Lipinski definition) is 7. The molecule has 1 fully saturated rings. The SMILES string of the molecule is CCOCCNCCOCCC(=O)Nc1ccc2c(c1)CN(C1CCC(=O)NC1=O)C2=O. The first-order valence-electron chi connectivity index (χ1n) is 10.9. The zero-order chi connectivity index (χ0) is 22.9. The lowest BCUT2D eigenvalue weighted by atomic mass is 10.0. The number of piperidine rings is 1. The first-order valence-corrected chi connectivity index (χ1v) is 10.9. The van der Waals surface area contributed by atoms with Gasteiger partial charge in [0.15, 0.2) is 0 Å². The van der Waals surface area contributed by atoms with Gasteiger partial charge in [-0.1, -0.05) is 0 Å². The molecule has 0 aromatic heterocycles. The van der Waals surface area contributed by atoms with Gasteiger partial charge in [-0.05, 0) is 37.1 Å². The Morgan fingerprint density at radius 2 is 1.94 bits per heavy atom. The van der Waals surface area contributed by atoms with Crippen LogP contribution in [-0.4, -0.2) is 74.1 Å². The van der Waals surface area contributed by atoms with Crippen molar-refractivity contribution in [3.05, 3.63) is 29.3 Å². The second kappa shape index (κ2) is 11.7. The molecule has 3 rings (SSSR count). The van der Waals surface area contributed by atoms with Crippen LogP contribution in [0.4, 0.5) is 5.69 Å². The van der Waals surface area contributed by atoms with Crippen molar-refractivity contribution < 1.29 is 28.7 Å². The molecule has 2 heterocycles. The molecule has 10 heteroatoms. The zero-order valence-corrected chi connectivity index (χ0v) is 18.3. The molecule has 0 bridgehead atoms. The maximum atomic E-state index is 12.7. The zero-order valence-electron chi connectivity index (χ0n) is 18.3. The molecule has 1 aromatic rings. The minimum absolute atomic E-state index is 0.180. The van der Waals surface area contributed by atoms with Crippen LogP contribution in [0.25, 0.3) is 0 Å². The summed E-state index contributed by atoms with van der Waals surface area (Å²) in [5, 5.41) is 8.28. The fourth-order valence-corrected chi connectivity index (χ4v) is 3.70. The molecule has 1 unspecified atom stereocenters. The molecule has 0 radical (unpaired) electrons. The number of ether oxygens (including phenoxy) is 2. The van der Waals surface area contributed by atoms with Gasteiger partial charge in [0.1, 0.15) is 6.04 Å². The summed E-state index contributed by atoms with van der Waals surface area (Å²) in [6, 6.07) is 4.42. The summed E-state index contributed by atoms with van der Waals surface area (Å²) < 4.78 is 10.7. The van der Waals surface area contributed by atoms with Crippen molar-refractivity contribution in [1.82, 2.24) is 15.5 Å². The van der Waals surface area contributed by atoms with Crippen molar-refractivity contribution in [2.45, 2.75) is 38.8 Å². The van der Waals surface area contributed by atoms with Crippen molar-refractivity contribution in [1.29, 1.82) is 0 Å². The van der Waals surface area contributed by atoms with Crippen LogP contribution in [0.5, 0.6) is 0 Å². The molecule has 10 nitrogen and oxygen atoms in total. The summed E-state index contributed by atoms with van der Waals surface area (Å²) in [5.41, 5.74) is 1.84. The number of amides is 4. The van der Waals surface area contributed by atoms with E-state index in [1.165, 1.54) is 4.90 Å². The van der Waals surface area contributed by atoms with E-state index in [1.54, 1.807) is 18.2 Å². The molecule has 2 aliphatic rings. The average Bonchev–Trinajstić information content (AvgIpc) is 3.08. The van der Waals surface area contributed by atoms with Gasteiger partial charge in [0.25, 0.3) is 5.91 Å². The number of carbonyl (C=O) groups is 4. The third kappa shape index (κ3) is 6.35. The van der Waals surface area contributed by atoms with E-state index < -0.39 is 11.9 Å². The number of nitrogens with one attached hydrogen (secondary N) is 3. The van der Waals surface area contributed by atoms with Crippen molar-refractivity contribution in [2.24, 2.45) is 0 Å². The second-order valence-corrected chi connectivity index (χ2v) is 7.63. The predicted octanol–water partition coefficient (Wildman–Crippen LogP) is 0.419. The van der Waals surface area contributed by atoms with Crippen LogP contribution >= 0.6 is 0 Å². The van der Waals surface area contributed by atoms with Gasteiger partial charge in [-0.2, -0.15) is 0 Å². The number of fused-ring (bicyclic) bond motifs is 1. The van der Waals surface area contributed by atoms with Gasteiger partial charge < -0.3 is 25.0 Å². The first kappa shape index (κ1) is 23.8. The Morgan fingerprint density at radius 1 is 1.16 bits per heavy atom. The average molecular weight is 447 g/mol. The molecule has 0 aliphatic carbocycles. The predicted molar refractivity (Wildman–Crippen MR) is 116 cm³/mol. The number of imide groups is 1. The van der Waals surface area contributed by atoms with E-state index in [9.17, 15) is 19.2 Å². The summed E-state index contributed by atoms with van der Waals surface area (Å²) >= 11 is 0. The fraction of sp³-hybridized carbons (Fsp3) is 0.545. The minimum atomic E-state index is -0.656. The van der Waals surface area contributed by atoms with Crippen molar-refractivity contribution in [3.63, 3.8) is 0 Å². The van der Waals surface area contributed by atoms with Gasteiger partial charge >= 0.3 is 0 Å². The standard InChI is InChI=1S/C22H30N4O6/c1-2-31-11-8-23-9-12-32-10-7-20(28)24-16-3-4-17-15(13-16)14-26(22(17)30)18-5-6-19(27)25-21(18)29/h3-4,13,18,23H,2,5-12,14H2,1H3,(H,24,28)(H,25,27,29). The van der Waals surface area contributed by atoms with Crippen LogP contribution in [0.1, 0.15) is 42.1 Å². The van der Waals surface area contributed by atoms with E-state index >= 15 is 0 Å². The van der Waals surface area contributed by atoms with Gasteiger partial charge in [0.2, 0.25) is 17.7 Å². The largest absolute Gasteiger partial charge is 0.380 e. The van der Waals surface area contributed by atoms with Gasteiger partial charge in [-0.3, -0.25) is 24.5 Å². The summed E-state index contributed by atoms with van der Waals surface area (Å²) in [4.78, 5) is 49.9. The number of rotatable bonds is 12. The topological polar surface area (TPSA) is 126 Å². The van der Waals surface area contributed by atoms with Gasteiger partial charge in [-0.15, -0.1) is 0 Å². The molecule has 174 valence electrons. The van der Waals surface area contributed by atoms with Gasteiger partial charge in [0.05, 0.1) is 26.2 Å². The molecule has 1 atom stereocenters. The van der Waals surface area contributed by atoms with Crippen molar-refractivity contribution in [3.8, 4) is 0 Å². The number of hydrogen-bond donors (Lipinski definition) is 3. The van der Waals surface area contributed by atoms with Crippen LogP contribution in [0, 0.1) is 0 Å². The quantitative estimate of drug-likeness (QED) is 0.314. The molecule has 0 spiro atoms. The summed E-state index contributed by atoms with van der Waals surface area (Å²) in [6.07, 6.45) is 0.747. The highest BCUT2D eigenvalue weighted by Crippen LogP contribution is 2.29. The maximum Gasteiger partial charge on any atom is 0.255 e. The Labute approximate surface area is 187 Å². The van der Waals surface area contributed by atoms with E-state index in [4.69, 9.17) is 9.47 Å². The van der Waals surface area contributed by atoms with Crippen LogP contribution < -0.4 is 16.0 Å². The van der Waals surface area contributed by atoms with Crippen molar-refractivity contribution >= 4 is 29.3 Å². The van der Waals surface area contributed by atoms with Crippen molar-refractivity contribution in [2.75, 3.05) is 44.8 Å². The second-order valence-electron chi connectivity index (χ2n) is 7.63. The van der Waals surface area contributed by atoms with E-state index in [0.717, 1.165) is 12.1 Å². The van der Waals surface area contributed by atoms with Crippen LogP contribution in [0.3, 0.4) is 0 Å². The summed E-state index contributed by atoms with van der Waals surface area (Å²) in [7, 11) is 0. The molecule has 1 saturated heterocycles. The Hall–Kier alpha value is -2.82. The minimum Gasteiger partial charge on any atom is -0.380 e. The van der Waals surface area contributed by atoms with Crippen LogP contribution in [0.2, 0.25) is 0 Å². The number of anilines is 1. The lowest BCUT2D eigenvalue weighted by Gasteiger charge is -2.29. The third-order valence-electron chi connectivity index (χ3n) is 5.33. The lowest BCUT2D eigenvalue weighted by molar-refractivity contribution is -0.137. The summed E-state index contributed by atoms with van der Waals surface area (Å²) in [6.45, 7) is 5.86. The Bertz CT molecular complexity index is 859. The van der Waals surface area contributed by atoms with E-state index in [2.05, 4.69) is 16.0 Å². The smallest absolute Gasteiger partial charge is 0.255 e. The number of nitrogens with zero attached hydrogens (tertiary/aromatic N) is 1. The summed E-state index contributed by atoms with van der Waals surface area (Å²) in [5.74, 6) is -1.18. The van der Waals surface area contributed by atoms with E-state index in [-0.39, 0.29) is 37.1 Å². The molecule has 0 saturated carbocycles. The highest BCUT2D eigenvalue weighted by molar-refractivity contribution is 6.05. The highest BCUT2D eigenvalue weighted by Gasteiger charge is 2.39. The monoisotopic (exact) mass is 446 g/mol. The molecular formula is C22H30N4O6. The Morgan fingerprint density at radius 3 is 2.69 bits per heavy atom. The molecule has 2 aliphatic heterocycles. The van der Waals surface area contributed by atoms with E-state index in [0.29, 0.717) is 50.6 Å². The Kier molecular flexibility index (Phi) is 8.72. The fourth-order valence-electron chi connectivity index (χ4n) is 3.70. The van der Waals surface area contributed by atoms with Crippen LogP contribution in [-0.2, 0) is 30.4 Å². The van der Waals surface area contributed by atoms with Gasteiger partial charge in [0, 0.05) is 43.9 Å². The molecule has 32 heavy (non-hydrogen) atoms. The first-order chi connectivity index (χ1) is 15.5. The Balaban J connectivity index is 1.41. The lowest BCUT2D eigenvalue weighted by Crippen LogP contribution is -2.52. The molecule has 1 aromatic carbocycles. The highest BCUT2D eigenvalue weighted by atomic mass is 16.5. The number of benzene rings is 1. The molecular weight excluding hydrogens is 416 g/mol.